The first-order chi connectivity index (χ1) is 8.67. The fraction of sp³-hybridized carbons (Fsp3) is 0.933. The maximum atomic E-state index is 12.9. The van der Waals surface area contributed by atoms with Crippen LogP contribution < -0.4 is 5.32 Å². The Morgan fingerprint density at radius 2 is 2.06 bits per heavy atom. The summed E-state index contributed by atoms with van der Waals surface area (Å²) in [5, 5.41) is 3.39. The van der Waals surface area contributed by atoms with E-state index in [4.69, 9.17) is 0 Å². The molecule has 0 radical (unpaired) electrons. The lowest BCUT2D eigenvalue weighted by Gasteiger charge is -2.39. The molecule has 1 saturated carbocycles. The molecule has 1 heterocycles. The van der Waals surface area contributed by atoms with Crippen LogP contribution in [-0.4, -0.2) is 36.5 Å². The van der Waals surface area contributed by atoms with Gasteiger partial charge in [0, 0.05) is 24.5 Å². The van der Waals surface area contributed by atoms with Crippen molar-refractivity contribution in [3.63, 3.8) is 0 Å². The Hall–Kier alpha value is -0.570. The number of nitrogens with zero attached hydrogens (tertiary/aromatic N) is 1. The number of nitrogens with one attached hydrogen (secondary N) is 1. The molecule has 0 aromatic heterocycles. The van der Waals surface area contributed by atoms with Gasteiger partial charge in [-0.1, -0.05) is 33.1 Å². The van der Waals surface area contributed by atoms with E-state index in [0.717, 1.165) is 45.3 Å². The summed E-state index contributed by atoms with van der Waals surface area (Å²) in [6.07, 6.45) is 8.14. The molecule has 2 rings (SSSR count). The van der Waals surface area contributed by atoms with Crippen LogP contribution >= 0.6 is 0 Å². The van der Waals surface area contributed by atoms with Gasteiger partial charge in [-0.25, -0.2) is 0 Å². The monoisotopic (exact) mass is 252 g/mol. The van der Waals surface area contributed by atoms with Gasteiger partial charge in [0.1, 0.15) is 0 Å². The van der Waals surface area contributed by atoms with Gasteiger partial charge < -0.3 is 10.2 Å². The quantitative estimate of drug-likeness (QED) is 0.834. The molecule has 104 valence electrons. The number of rotatable bonds is 4. The van der Waals surface area contributed by atoms with E-state index in [0.29, 0.717) is 11.9 Å². The fourth-order valence-corrected chi connectivity index (χ4v) is 3.49. The maximum absolute atomic E-state index is 12.9. The number of carbonyl (C=O) groups excluding carboxylic acids is 1. The minimum Gasteiger partial charge on any atom is -0.338 e. The standard InChI is InChI=1S/C15H28N2O/c1-3-11-17(13-7-10-16-12-13)14(18)15(2)8-5-4-6-9-15/h13,16H,3-12H2,1-2H3. The van der Waals surface area contributed by atoms with Crippen LogP contribution in [0, 0.1) is 5.41 Å². The summed E-state index contributed by atoms with van der Waals surface area (Å²) in [4.78, 5) is 15.1. The van der Waals surface area contributed by atoms with Crippen LogP contribution in [0.25, 0.3) is 0 Å². The first-order valence-corrected chi connectivity index (χ1v) is 7.69. The van der Waals surface area contributed by atoms with E-state index < -0.39 is 0 Å². The fourth-order valence-electron chi connectivity index (χ4n) is 3.49. The van der Waals surface area contributed by atoms with Crippen LogP contribution in [0.2, 0.25) is 0 Å². The summed E-state index contributed by atoms with van der Waals surface area (Å²) in [5.41, 5.74) is -0.0734. The van der Waals surface area contributed by atoms with Crippen molar-refractivity contribution >= 4 is 5.91 Å². The molecule has 1 amide bonds. The highest BCUT2D eigenvalue weighted by molar-refractivity contribution is 5.82. The van der Waals surface area contributed by atoms with E-state index in [1.54, 1.807) is 0 Å². The maximum Gasteiger partial charge on any atom is 0.228 e. The summed E-state index contributed by atoms with van der Waals surface area (Å²) in [5.74, 6) is 0.428. The Balaban J connectivity index is 2.06. The van der Waals surface area contributed by atoms with Crippen molar-refractivity contribution in [2.45, 2.75) is 64.8 Å². The van der Waals surface area contributed by atoms with Crippen LogP contribution in [0.1, 0.15) is 58.8 Å². The lowest BCUT2D eigenvalue weighted by molar-refractivity contribution is -0.145. The number of hydrogen-bond acceptors (Lipinski definition) is 2. The average molecular weight is 252 g/mol. The minimum absolute atomic E-state index is 0.0734. The zero-order valence-electron chi connectivity index (χ0n) is 12.0. The molecule has 2 fully saturated rings. The molecule has 0 spiro atoms. The van der Waals surface area contributed by atoms with Gasteiger partial charge in [-0.2, -0.15) is 0 Å². The molecular formula is C15H28N2O. The second-order valence-corrected chi connectivity index (χ2v) is 6.27. The van der Waals surface area contributed by atoms with Crippen LogP contribution in [0.4, 0.5) is 0 Å². The summed E-state index contributed by atoms with van der Waals surface area (Å²) in [7, 11) is 0. The molecule has 1 aliphatic heterocycles. The highest BCUT2D eigenvalue weighted by atomic mass is 16.2. The minimum atomic E-state index is -0.0734. The predicted molar refractivity (Wildman–Crippen MR) is 74.5 cm³/mol. The Kier molecular flexibility index (Phi) is 4.66. The molecular weight excluding hydrogens is 224 g/mol. The Labute approximate surface area is 111 Å². The van der Waals surface area contributed by atoms with Crippen molar-refractivity contribution in [3.8, 4) is 0 Å². The van der Waals surface area contributed by atoms with Gasteiger partial charge in [0.2, 0.25) is 5.91 Å². The van der Waals surface area contributed by atoms with Gasteiger partial charge in [0.15, 0.2) is 0 Å². The molecule has 3 heteroatoms. The Morgan fingerprint density at radius 1 is 1.33 bits per heavy atom. The van der Waals surface area contributed by atoms with E-state index in [-0.39, 0.29) is 5.41 Å². The van der Waals surface area contributed by atoms with Gasteiger partial charge in [-0.15, -0.1) is 0 Å². The van der Waals surface area contributed by atoms with Gasteiger partial charge >= 0.3 is 0 Å². The zero-order chi connectivity index (χ0) is 13.0. The van der Waals surface area contributed by atoms with Gasteiger partial charge in [0.25, 0.3) is 0 Å². The second-order valence-electron chi connectivity index (χ2n) is 6.27. The molecule has 18 heavy (non-hydrogen) atoms. The molecule has 1 aliphatic carbocycles. The predicted octanol–water partition coefficient (Wildman–Crippen LogP) is 2.56. The van der Waals surface area contributed by atoms with E-state index >= 15 is 0 Å². The van der Waals surface area contributed by atoms with E-state index in [1.807, 2.05) is 0 Å². The van der Waals surface area contributed by atoms with Gasteiger partial charge in [-0.3, -0.25) is 4.79 Å². The normalized spacial score (nSPS) is 27.1. The average Bonchev–Trinajstić information content (AvgIpc) is 2.90. The first-order valence-electron chi connectivity index (χ1n) is 7.69. The molecule has 2 aliphatic rings. The van der Waals surface area contributed by atoms with E-state index in [1.165, 1.54) is 19.3 Å². The number of carbonyl (C=O) groups is 1. The third kappa shape index (κ3) is 2.87. The second kappa shape index (κ2) is 6.05. The van der Waals surface area contributed by atoms with Crippen LogP contribution in [-0.2, 0) is 4.79 Å². The highest BCUT2D eigenvalue weighted by Crippen LogP contribution is 2.38. The van der Waals surface area contributed by atoms with Crippen molar-refractivity contribution in [1.29, 1.82) is 0 Å². The Morgan fingerprint density at radius 3 is 2.61 bits per heavy atom. The summed E-state index contributed by atoms with van der Waals surface area (Å²) in [6.45, 7) is 7.35. The molecule has 1 atom stereocenters. The zero-order valence-corrected chi connectivity index (χ0v) is 12.0. The molecule has 0 aromatic rings. The SMILES string of the molecule is CCCN(C(=O)C1(C)CCCCC1)C1CCNC1. The van der Waals surface area contributed by atoms with Gasteiger partial charge in [-0.05, 0) is 32.2 Å². The van der Waals surface area contributed by atoms with Crippen molar-refractivity contribution in [2.75, 3.05) is 19.6 Å². The lowest BCUT2D eigenvalue weighted by Crippen LogP contribution is -2.49. The largest absolute Gasteiger partial charge is 0.338 e. The van der Waals surface area contributed by atoms with E-state index in [2.05, 4.69) is 24.1 Å². The third-order valence-electron chi connectivity index (χ3n) is 4.67. The van der Waals surface area contributed by atoms with Crippen molar-refractivity contribution in [1.82, 2.24) is 10.2 Å². The number of hydrogen-bond donors (Lipinski definition) is 1. The molecule has 3 nitrogen and oxygen atoms in total. The third-order valence-corrected chi connectivity index (χ3v) is 4.67. The van der Waals surface area contributed by atoms with Crippen LogP contribution in [0.15, 0.2) is 0 Å². The van der Waals surface area contributed by atoms with E-state index in [9.17, 15) is 4.79 Å². The van der Waals surface area contributed by atoms with Crippen LogP contribution in [0.3, 0.4) is 0 Å². The highest BCUT2D eigenvalue weighted by Gasteiger charge is 2.39. The smallest absolute Gasteiger partial charge is 0.228 e. The lowest BCUT2D eigenvalue weighted by atomic mass is 9.74. The number of amides is 1. The molecule has 1 unspecified atom stereocenters. The molecule has 1 saturated heterocycles. The van der Waals surface area contributed by atoms with Crippen LogP contribution in [0.5, 0.6) is 0 Å². The van der Waals surface area contributed by atoms with Crippen molar-refractivity contribution in [2.24, 2.45) is 5.41 Å². The topological polar surface area (TPSA) is 32.3 Å². The van der Waals surface area contributed by atoms with Gasteiger partial charge in [0.05, 0.1) is 0 Å². The molecule has 0 aromatic carbocycles. The van der Waals surface area contributed by atoms with Crippen molar-refractivity contribution < 1.29 is 4.79 Å². The Bertz CT molecular complexity index is 278. The van der Waals surface area contributed by atoms with Crippen molar-refractivity contribution in [3.05, 3.63) is 0 Å². The summed E-state index contributed by atoms with van der Waals surface area (Å²) < 4.78 is 0. The summed E-state index contributed by atoms with van der Waals surface area (Å²) >= 11 is 0. The summed E-state index contributed by atoms with van der Waals surface area (Å²) in [6, 6.07) is 0.441. The molecule has 0 bridgehead atoms. The molecule has 1 N–H and O–H groups in total. The first kappa shape index (κ1) is 13.9.